The van der Waals surface area contributed by atoms with Gasteiger partial charge < -0.3 is 4.57 Å². The Hall–Kier alpha value is -1.09. The second-order valence-corrected chi connectivity index (χ2v) is 11.0. The quantitative estimate of drug-likeness (QED) is 0.775. The Morgan fingerprint density at radius 3 is 2.56 bits per heavy atom. The summed E-state index contributed by atoms with van der Waals surface area (Å²) in [6.45, 7) is 5.44. The highest BCUT2D eigenvalue weighted by atomic mass is 32.2. The van der Waals surface area contributed by atoms with E-state index in [2.05, 4.69) is 9.88 Å². The van der Waals surface area contributed by atoms with Crippen molar-refractivity contribution in [2.75, 3.05) is 24.6 Å². The Kier molecular flexibility index (Phi) is 4.42. The second-order valence-electron chi connectivity index (χ2n) is 8.90. The highest BCUT2D eigenvalue weighted by molar-refractivity contribution is 7.92. The average molecular weight is 405 g/mol. The van der Waals surface area contributed by atoms with Gasteiger partial charge >= 0.3 is 6.18 Å². The molecule has 0 bridgehead atoms. The van der Waals surface area contributed by atoms with Crippen LogP contribution >= 0.6 is 0 Å². The van der Waals surface area contributed by atoms with Gasteiger partial charge in [0.25, 0.3) is 0 Å². The summed E-state index contributed by atoms with van der Waals surface area (Å²) in [4.78, 5) is 6.32. The first-order chi connectivity index (χ1) is 12.5. The van der Waals surface area contributed by atoms with Crippen molar-refractivity contribution in [3.8, 4) is 0 Å². The summed E-state index contributed by atoms with van der Waals surface area (Å²) in [5.41, 5.74) is -0.883. The summed E-state index contributed by atoms with van der Waals surface area (Å²) in [5.74, 6) is 1.15. The zero-order valence-electron chi connectivity index (χ0n) is 15.7. The maximum absolute atomic E-state index is 13.1. The minimum atomic E-state index is -4.43. The molecule has 2 atom stereocenters. The van der Waals surface area contributed by atoms with Gasteiger partial charge in [-0.3, -0.25) is 4.90 Å². The molecule has 3 heterocycles. The molecule has 1 aromatic heterocycles. The third kappa shape index (κ3) is 3.52. The largest absolute Gasteiger partial charge is 0.434 e. The lowest BCUT2D eigenvalue weighted by molar-refractivity contribution is -0.141. The number of aromatic nitrogens is 2. The Morgan fingerprint density at radius 1 is 1.26 bits per heavy atom. The van der Waals surface area contributed by atoms with Crippen LogP contribution in [-0.4, -0.2) is 53.5 Å². The molecule has 2 saturated heterocycles. The van der Waals surface area contributed by atoms with Crippen molar-refractivity contribution in [2.45, 2.75) is 63.7 Å². The summed E-state index contributed by atoms with van der Waals surface area (Å²) < 4.78 is 64.2. The van der Waals surface area contributed by atoms with Crippen LogP contribution in [0.25, 0.3) is 0 Å². The van der Waals surface area contributed by atoms with Crippen LogP contribution < -0.4 is 0 Å². The molecule has 1 saturated carbocycles. The Bertz CT molecular complexity index is 819. The third-order valence-electron chi connectivity index (χ3n) is 6.41. The van der Waals surface area contributed by atoms with Crippen LogP contribution in [0.5, 0.6) is 0 Å². The fourth-order valence-corrected chi connectivity index (χ4v) is 7.44. The van der Waals surface area contributed by atoms with Gasteiger partial charge in [-0.1, -0.05) is 0 Å². The fourth-order valence-electron chi connectivity index (χ4n) is 5.19. The van der Waals surface area contributed by atoms with E-state index in [9.17, 15) is 21.6 Å². The van der Waals surface area contributed by atoms with Gasteiger partial charge in [0.2, 0.25) is 0 Å². The molecule has 2 aliphatic heterocycles. The van der Waals surface area contributed by atoms with Crippen molar-refractivity contribution < 1.29 is 21.6 Å². The average Bonchev–Trinajstić information content (AvgIpc) is 3.21. The van der Waals surface area contributed by atoms with Gasteiger partial charge in [0.1, 0.15) is 5.82 Å². The molecule has 4 rings (SSSR count). The Labute approximate surface area is 157 Å². The molecule has 1 aliphatic carbocycles. The number of likely N-dealkylation sites (tertiary alicyclic amines) is 1. The predicted octanol–water partition coefficient (Wildman–Crippen LogP) is 3.24. The standard InChI is InChI=1S/C18H26F3N3O2S/c1-12(2)24-8-15(18(19,20)21)22-16(24)13-3-4-14(7-13)23-6-5-17(9-23)10-27(25,26)11-17/h8,12-14H,3-7,9-11H2,1-2H3/t13-,14-/m0/s1. The smallest absolute Gasteiger partial charge is 0.332 e. The van der Waals surface area contributed by atoms with E-state index < -0.39 is 21.7 Å². The first-order valence-electron chi connectivity index (χ1n) is 9.58. The van der Waals surface area contributed by atoms with E-state index in [4.69, 9.17) is 0 Å². The van der Waals surface area contributed by atoms with E-state index in [0.29, 0.717) is 23.4 Å². The molecule has 152 valence electrons. The van der Waals surface area contributed by atoms with Crippen molar-refractivity contribution in [1.82, 2.24) is 14.5 Å². The topological polar surface area (TPSA) is 55.2 Å². The fraction of sp³-hybridized carbons (Fsp3) is 0.833. The van der Waals surface area contributed by atoms with E-state index in [1.807, 2.05) is 13.8 Å². The monoisotopic (exact) mass is 405 g/mol. The molecule has 0 amide bonds. The van der Waals surface area contributed by atoms with Gasteiger partial charge in [0.05, 0.1) is 11.5 Å². The van der Waals surface area contributed by atoms with Crippen LogP contribution in [0.1, 0.15) is 63.0 Å². The second kappa shape index (κ2) is 6.20. The van der Waals surface area contributed by atoms with E-state index >= 15 is 0 Å². The highest BCUT2D eigenvalue weighted by Crippen LogP contribution is 2.46. The molecule has 1 spiro atoms. The third-order valence-corrected chi connectivity index (χ3v) is 8.52. The molecule has 5 nitrogen and oxygen atoms in total. The normalized spacial score (nSPS) is 30.3. The lowest BCUT2D eigenvalue weighted by Gasteiger charge is -2.38. The lowest BCUT2D eigenvalue weighted by Crippen LogP contribution is -2.50. The Morgan fingerprint density at radius 2 is 1.96 bits per heavy atom. The number of sulfone groups is 1. The number of nitrogens with zero attached hydrogens (tertiary/aromatic N) is 3. The van der Waals surface area contributed by atoms with Gasteiger partial charge in [-0.15, -0.1) is 0 Å². The van der Waals surface area contributed by atoms with E-state index in [1.165, 1.54) is 0 Å². The lowest BCUT2D eigenvalue weighted by atomic mass is 9.91. The van der Waals surface area contributed by atoms with Crippen LogP contribution in [0.15, 0.2) is 6.20 Å². The zero-order chi connectivity index (χ0) is 19.6. The summed E-state index contributed by atoms with van der Waals surface area (Å²) in [7, 11) is -2.85. The van der Waals surface area contributed by atoms with E-state index in [-0.39, 0.29) is 17.4 Å². The zero-order valence-corrected chi connectivity index (χ0v) is 16.5. The van der Waals surface area contributed by atoms with E-state index in [1.54, 1.807) is 4.57 Å². The molecule has 0 unspecified atom stereocenters. The maximum Gasteiger partial charge on any atom is 0.434 e. The SMILES string of the molecule is CC(C)n1cc(C(F)(F)F)nc1[C@H]1CC[C@H](N2CCC3(C2)CS(=O)(=O)C3)C1. The van der Waals surface area contributed by atoms with Gasteiger partial charge in [-0.05, 0) is 46.1 Å². The van der Waals surface area contributed by atoms with Crippen molar-refractivity contribution >= 4 is 9.84 Å². The molecule has 27 heavy (non-hydrogen) atoms. The van der Waals surface area contributed by atoms with Crippen LogP contribution in [0.3, 0.4) is 0 Å². The van der Waals surface area contributed by atoms with Crippen molar-refractivity contribution in [2.24, 2.45) is 5.41 Å². The van der Waals surface area contributed by atoms with Crippen molar-refractivity contribution in [3.05, 3.63) is 17.7 Å². The molecule has 0 radical (unpaired) electrons. The number of halogens is 3. The van der Waals surface area contributed by atoms with Crippen LogP contribution in [0.4, 0.5) is 13.2 Å². The minimum absolute atomic E-state index is 0.0233. The Balaban J connectivity index is 1.47. The molecule has 3 aliphatic rings. The summed E-state index contributed by atoms with van der Waals surface area (Å²) in [5, 5.41) is 0. The predicted molar refractivity (Wildman–Crippen MR) is 95.3 cm³/mol. The molecule has 0 N–H and O–H groups in total. The maximum atomic E-state index is 13.1. The molecular weight excluding hydrogens is 379 g/mol. The summed E-state index contributed by atoms with van der Waals surface area (Å²) in [6.07, 6.45) is 0.171. The van der Waals surface area contributed by atoms with Gasteiger partial charge in [0.15, 0.2) is 15.5 Å². The molecule has 9 heteroatoms. The number of hydrogen-bond donors (Lipinski definition) is 0. The number of imidazole rings is 1. The summed E-state index contributed by atoms with van der Waals surface area (Å²) in [6, 6.07) is 0.238. The first kappa shape index (κ1) is 19.2. The van der Waals surface area contributed by atoms with E-state index in [0.717, 1.165) is 45.0 Å². The van der Waals surface area contributed by atoms with Crippen LogP contribution in [0, 0.1) is 5.41 Å². The number of rotatable bonds is 3. The van der Waals surface area contributed by atoms with Gasteiger partial charge in [0, 0.05) is 36.2 Å². The first-order valence-corrected chi connectivity index (χ1v) is 11.4. The molecule has 0 aromatic carbocycles. The minimum Gasteiger partial charge on any atom is -0.332 e. The van der Waals surface area contributed by atoms with Crippen molar-refractivity contribution in [1.29, 1.82) is 0 Å². The van der Waals surface area contributed by atoms with Crippen molar-refractivity contribution in [3.63, 3.8) is 0 Å². The molecular formula is C18H26F3N3O2S. The highest BCUT2D eigenvalue weighted by Gasteiger charge is 2.53. The summed E-state index contributed by atoms with van der Waals surface area (Å²) >= 11 is 0. The van der Waals surface area contributed by atoms with Gasteiger partial charge in [-0.25, -0.2) is 13.4 Å². The van der Waals surface area contributed by atoms with Crippen LogP contribution in [0.2, 0.25) is 0 Å². The number of hydrogen-bond acceptors (Lipinski definition) is 4. The van der Waals surface area contributed by atoms with Gasteiger partial charge in [-0.2, -0.15) is 13.2 Å². The molecule has 3 fully saturated rings. The number of alkyl halides is 3. The molecule has 1 aromatic rings. The van der Waals surface area contributed by atoms with Crippen LogP contribution in [-0.2, 0) is 16.0 Å².